The highest BCUT2D eigenvalue weighted by atomic mass is 35.5. The van der Waals surface area contributed by atoms with Crippen LogP contribution in [0.25, 0.3) is 0 Å². The highest BCUT2D eigenvalue weighted by molar-refractivity contribution is 6.35. The van der Waals surface area contributed by atoms with Crippen molar-refractivity contribution >= 4 is 41.0 Å². The number of hydrogen-bond acceptors (Lipinski definition) is 3. The zero-order valence-electron chi connectivity index (χ0n) is 16.5. The Hall–Kier alpha value is -1.79. The molecule has 2 saturated carbocycles. The number of rotatable bonds is 5. The van der Waals surface area contributed by atoms with Gasteiger partial charge in [-0.3, -0.25) is 14.5 Å². The standard InChI is InChI=1S/C21H25Cl2N3O3/c1-11(15-8-12-3-4-13(15)7-12)24-18(27)10-26-19(28)21(2,25-20(26)29)16-6-5-14(22)9-17(16)23/h5-6,9,11-13,15H,3-4,7-8,10H2,1-2H3,(H,24,27)(H,25,29). The molecular weight excluding hydrogens is 413 g/mol. The SMILES string of the molecule is CC(NC(=O)CN1C(=O)NC(C)(c2ccc(Cl)cc2Cl)C1=O)C1CC2CCC1C2. The molecule has 1 aliphatic heterocycles. The molecular formula is C21H25Cl2N3O3. The van der Waals surface area contributed by atoms with Gasteiger partial charge in [-0.15, -0.1) is 0 Å². The molecule has 8 heteroatoms. The van der Waals surface area contributed by atoms with E-state index in [1.807, 2.05) is 6.92 Å². The van der Waals surface area contributed by atoms with Gasteiger partial charge in [-0.05, 0) is 63.0 Å². The van der Waals surface area contributed by atoms with Crippen LogP contribution in [0.15, 0.2) is 18.2 Å². The summed E-state index contributed by atoms with van der Waals surface area (Å²) in [7, 11) is 0. The van der Waals surface area contributed by atoms with Crippen LogP contribution in [-0.4, -0.2) is 35.3 Å². The number of nitrogens with zero attached hydrogens (tertiary/aromatic N) is 1. The molecule has 1 heterocycles. The van der Waals surface area contributed by atoms with E-state index in [4.69, 9.17) is 23.2 Å². The first-order valence-corrected chi connectivity index (χ1v) is 10.8. The molecule has 0 spiro atoms. The van der Waals surface area contributed by atoms with Crippen molar-refractivity contribution in [2.45, 2.75) is 51.1 Å². The van der Waals surface area contributed by atoms with E-state index in [1.54, 1.807) is 19.1 Å². The molecule has 1 saturated heterocycles. The molecule has 3 aliphatic rings. The number of nitrogens with one attached hydrogen (secondary N) is 2. The molecule has 0 aromatic heterocycles. The predicted octanol–water partition coefficient (Wildman–Crippen LogP) is 3.70. The minimum absolute atomic E-state index is 0.0376. The van der Waals surface area contributed by atoms with Gasteiger partial charge in [0.15, 0.2) is 0 Å². The van der Waals surface area contributed by atoms with Gasteiger partial charge in [0.25, 0.3) is 5.91 Å². The maximum Gasteiger partial charge on any atom is 0.325 e. The van der Waals surface area contributed by atoms with Crippen molar-refractivity contribution in [2.75, 3.05) is 6.54 Å². The van der Waals surface area contributed by atoms with Crippen molar-refractivity contribution in [1.82, 2.24) is 15.5 Å². The Bertz CT molecular complexity index is 877. The normalized spacial score (nSPS) is 31.9. The molecule has 156 valence electrons. The lowest BCUT2D eigenvalue weighted by atomic mass is 9.84. The molecule has 3 fully saturated rings. The van der Waals surface area contributed by atoms with Crippen molar-refractivity contribution in [3.63, 3.8) is 0 Å². The third-order valence-electron chi connectivity index (χ3n) is 6.87. The third-order valence-corrected chi connectivity index (χ3v) is 7.42. The Labute approximate surface area is 180 Å². The first kappa shape index (κ1) is 20.5. The smallest absolute Gasteiger partial charge is 0.325 e. The first-order chi connectivity index (χ1) is 13.7. The second-order valence-electron chi connectivity index (χ2n) is 8.77. The van der Waals surface area contributed by atoms with Gasteiger partial charge in [0.1, 0.15) is 12.1 Å². The quantitative estimate of drug-likeness (QED) is 0.689. The van der Waals surface area contributed by atoms with Crippen molar-refractivity contribution in [2.24, 2.45) is 17.8 Å². The molecule has 6 nitrogen and oxygen atoms in total. The van der Waals surface area contributed by atoms with Gasteiger partial charge in [0, 0.05) is 21.7 Å². The topological polar surface area (TPSA) is 78.5 Å². The number of fused-ring (bicyclic) bond motifs is 2. The van der Waals surface area contributed by atoms with Crippen LogP contribution in [0.2, 0.25) is 10.0 Å². The average Bonchev–Trinajstić information content (AvgIpc) is 3.33. The fraction of sp³-hybridized carbons (Fsp3) is 0.571. The van der Waals surface area contributed by atoms with Gasteiger partial charge in [-0.2, -0.15) is 0 Å². The van der Waals surface area contributed by atoms with E-state index < -0.39 is 17.5 Å². The van der Waals surface area contributed by atoms with Crippen LogP contribution in [0.1, 0.15) is 45.1 Å². The number of benzene rings is 1. The first-order valence-electron chi connectivity index (χ1n) is 10.1. The van der Waals surface area contributed by atoms with Crippen LogP contribution in [0.3, 0.4) is 0 Å². The lowest BCUT2D eigenvalue weighted by Gasteiger charge is -2.29. The summed E-state index contributed by atoms with van der Waals surface area (Å²) in [4.78, 5) is 39.1. The van der Waals surface area contributed by atoms with Crippen molar-refractivity contribution in [3.8, 4) is 0 Å². The zero-order chi connectivity index (χ0) is 20.9. The fourth-order valence-electron chi connectivity index (χ4n) is 5.37. The summed E-state index contributed by atoms with van der Waals surface area (Å²) in [6.45, 7) is 3.29. The molecule has 5 unspecified atom stereocenters. The molecule has 2 N–H and O–H groups in total. The summed E-state index contributed by atoms with van der Waals surface area (Å²) in [6, 6.07) is 4.18. The Morgan fingerprint density at radius 2 is 2.07 bits per heavy atom. The zero-order valence-corrected chi connectivity index (χ0v) is 18.0. The van der Waals surface area contributed by atoms with E-state index in [1.165, 1.54) is 25.3 Å². The Morgan fingerprint density at radius 3 is 2.69 bits per heavy atom. The maximum atomic E-state index is 13.0. The number of carbonyl (C=O) groups excluding carboxylic acids is 3. The molecule has 4 rings (SSSR count). The summed E-state index contributed by atoms with van der Waals surface area (Å²) in [5.41, 5.74) is -0.893. The minimum atomic E-state index is -1.34. The predicted molar refractivity (Wildman–Crippen MR) is 111 cm³/mol. The lowest BCUT2D eigenvalue weighted by Crippen LogP contribution is -2.47. The minimum Gasteiger partial charge on any atom is -0.352 e. The van der Waals surface area contributed by atoms with Crippen molar-refractivity contribution in [1.29, 1.82) is 0 Å². The van der Waals surface area contributed by atoms with E-state index in [0.29, 0.717) is 22.4 Å². The van der Waals surface area contributed by atoms with Crippen LogP contribution in [0.4, 0.5) is 4.79 Å². The van der Waals surface area contributed by atoms with Gasteiger partial charge in [0.05, 0.1) is 0 Å². The largest absolute Gasteiger partial charge is 0.352 e. The molecule has 4 amide bonds. The summed E-state index contributed by atoms with van der Waals surface area (Å²) in [5.74, 6) is 1.13. The van der Waals surface area contributed by atoms with E-state index in [0.717, 1.165) is 17.2 Å². The maximum absolute atomic E-state index is 13.0. The lowest BCUT2D eigenvalue weighted by molar-refractivity contribution is -0.135. The second kappa shape index (κ2) is 7.47. The van der Waals surface area contributed by atoms with E-state index >= 15 is 0 Å². The monoisotopic (exact) mass is 437 g/mol. The van der Waals surface area contributed by atoms with Crippen LogP contribution in [0.5, 0.6) is 0 Å². The summed E-state index contributed by atoms with van der Waals surface area (Å²) in [5, 5.41) is 6.39. The van der Waals surface area contributed by atoms with E-state index in [-0.39, 0.29) is 23.5 Å². The Balaban J connectivity index is 1.43. The van der Waals surface area contributed by atoms with Crippen LogP contribution in [-0.2, 0) is 15.1 Å². The number of urea groups is 1. The molecule has 2 bridgehead atoms. The Morgan fingerprint density at radius 1 is 1.31 bits per heavy atom. The fourth-order valence-corrected chi connectivity index (χ4v) is 5.97. The van der Waals surface area contributed by atoms with E-state index in [9.17, 15) is 14.4 Å². The molecule has 5 atom stereocenters. The number of carbonyl (C=O) groups is 3. The summed E-state index contributed by atoms with van der Waals surface area (Å²) >= 11 is 12.2. The Kier molecular flexibility index (Phi) is 5.28. The number of halogens is 2. The van der Waals surface area contributed by atoms with Gasteiger partial charge in [-0.25, -0.2) is 4.79 Å². The number of imide groups is 1. The van der Waals surface area contributed by atoms with Crippen molar-refractivity contribution < 1.29 is 14.4 Å². The van der Waals surface area contributed by atoms with E-state index in [2.05, 4.69) is 10.6 Å². The summed E-state index contributed by atoms with van der Waals surface area (Å²) in [6.07, 6.45) is 4.96. The van der Waals surface area contributed by atoms with Gasteiger partial charge in [0.2, 0.25) is 5.91 Å². The van der Waals surface area contributed by atoms with Crippen LogP contribution < -0.4 is 10.6 Å². The van der Waals surface area contributed by atoms with Gasteiger partial charge in [-0.1, -0.05) is 35.7 Å². The van der Waals surface area contributed by atoms with Crippen LogP contribution >= 0.6 is 23.2 Å². The molecule has 0 radical (unpaired) electrons. The van der Waals surface area contributed by atoms with Crippen LogP contribution in [0, 0.1) is 17.8 Å². The molecule has 29 heavy (non-hydrogen) atoms. The van der Waals surface area contributed by atoms with Gasteiger partial charge < -0.3 is 10.6 Å². The van der Waals surface area contributed by atoms with Gasteiger partial charge >= 0.3 is 6.03 Å². The van der Waals surface area contributed by atoms with Crippen molar-refractivity contribution in [3.05, 3.63) is 33.8 Å². The molecule has 2 aliphatic carbocycles. The third kappa shape index (κ3) is 3.61. The molecule has 1 aromatic carbocycles. The summed E-state index contributed by atoms with van der Waals surface area (Å²) < 4.78 is 0. The average molecular weight is 438 g/mol. The molecule has 1 aromatic rings. The highest BCUT2D eigenvalue weighted by Gasteiger charge is 2.50. The number of amides is 4. The second-order valence-corrected chi connectivity index (χ2v) is 9.61. The highest BCUT2D eigenvalue weighted by Crippen LogP contribution is 2.49. The number of hydrogen-bond donors (Lipinski definition) is 2.